The Morgan fingerprint density at radius 2 is 2.26 bits per heavy atom. The molecule has 8 heteroatoms. The van der Waals surface area contributed by atoms with Crippen molar-refractivity contribution < 1.29 is 14.7 Å². The van der Waals surface area contributed by atoms with E-state index in [1.54, 1.807) is 20.0 Å². The highest BCUT2D eigenvalue weighted by molar-refractivity contribution is 5.78. The van der Waals surface area contributed by atoms with Gasteiger partial charge >= 0.3 is 5.97 Å². The van der Waals surface area contributed by atoms with E-state index in [-0.39, 0.29) is 25.5 Å². The molecular formula is C11H19N5O3. The van der Waals surface area contributed by atoms with Crippen LogP contribution in [0, 0.1) is 5.41 Å². The molecule has 0 aliphatic rings. The molecule has 0 aliphatic heterocycles. The Morgan fingerprint density at radius 3 is 2.74 bits per heavy atom. The third-order valence-electron chi connectivity index (χ3n) is 3.07. The van der Waals surface area contributed by atoms with Crippen LogP contribution in [0.4, 0.5) is 0 Å². The second kappa shape index (κ2) is 6.28. The molecule has 1 amide bonds. The van der Waals surface area contributed by atoms with E-state index in [2.05, 4.69) is 15.6 Å². The maximum atomic E-state index is 11.7. The SMILES string of the molecule is CCC(C)(CNC(=O)Cn1cc(CN)nn1)C(=O)O. The van der Waals surface area contributed by atoms with Crippen molar-refractivity contribution in [2.24, 2.45) is 11.1 Å². The number of carboxylic acids is 1. The average Bonchev–Trinajstić information content (AvgIpc) is 2.83. The number of nitrogens with zero attached hydrogens (tertiary/aromatic N) is 3. The van der Waals surface area contributed by atoms with Crippen LogP contribution in [-0.4, -0.2) is 38.5 Å². The summed E-state index contributed by atoms with van der Waals surface area (Å²) in [7, 11) is 0. The lowest BCUT2D eigenvalue weighted by Gasteiger charge is -2.23. The Bertz CT molecular complexity index is 459. The molecule has 1 atom stereocenters. The molecule has 106 valence electrons. The maximum absolute atomic E-state index is 11.7. The minimum Gasteiger partial charge on any atom is -0.481 e. The van der Waals surface area contributed by atoms with Crippen LogP contribution in [0.3, 0.4) is 0 Å². The van der Waals surface area contributed by atoms with E-state index in [1.807, 2.05) is 0 Å². The van der Waals surface area contributed by atoms with Crippen LogP contribution in [0.2, 0.25) is 0 Å². The maximum Gasteiger partial charge on any atom is 0.311 e. The van der Waals surface area contributed by atoms with Crippen molar-refractivity contribution in [1.82, 2.24) is 20.3 Å². The fraction of sp³-hybridized carbons (Fsp3) is 0.636. The molecular weight excluding hydrogens is 250 g/mol. The number of carboxylic acid groups (broad SMARTS) is 1. The average molecular weight is 269 g/mol. The fourth-order valence-electron chi connectivity index (χ4n) is 1.36. The van der Waals surface area contributed by atoms with Crippen molar-refractivity contribution in [2.75, 3.05) is 6.54 Å². The summed E-state index contributed by atoms with van der Waals surface area (Å²) in [5, 5.41) is 19.2. The highest BCUT2D eigenvalue weighted by atomic mass is 16.4. The van der Waals surface area contributed by atoms with E-state index in [4.69, 9.17) is 10.8 Å². The lowest BCUT2D eigenvalue weighted by Crippen LogP contribution is -2.41. The fourth-order valence-corrected chi connectivity index (χ4v) is 1.36. The van der Waals surface area contributed by atoms with Gasteiger partial charge in [0, 0.05) is 13.1 Å². The van der Waals surface area contributed by atoms with Gasteiger partial charge in [-0.25, -0.2) is 4.68 Å². The number of nitrogens with two attached hydrogens (primary N) is 1. The van der Waals surface area contributed by atoms with Gasteiger partial charge in [-0.05, 0) is 13.3 Å². The van der Waals surface area contributed by atoms with Crippen LogP contribution >= 0.6 is 0 Å². The standard InChI is InChI=1S/C11H19N5O3/c1-3-11(2,10(18)19)7-13-9(17)6-16-5-8(4-12)14-15-16/h5H,3-4,6-7,12H2,1-2H3,(H,13,17)(H,18,19). The molecule has 0 saturated carbocycles. The monoisotopic (exact) mass is 269 g/mol. The summed E-state index contributed by atoms with van der Waals surface area (Å²) < 4.78 is 1.36. The Kier molecular flexibility index (Phi) is 4.99. The molecule has 1 aromatic rings. The molecule has 0 bridgehead atoms. The Hall–Kier alpha value is -1.96. The number of rotatable bonds is 7. The highest BCUT2D eigenvalue weighted by Crippen LogP contribution is 2.19. The number of aliphatic carboxylic acids is 1. The van der Waals surface area contributed by atoms with Gasteiger partial charge in [-0.15, -0.1) is 5.10 Å². The van der Waals surface area contributed by atoms with Crippen molar-refractivity contribution in [1.29, 1.82) is 0 Å². The number of hydrogen-bond acceptors (Lipinski definition) is 5. The van der Waals surface area contributed by atoms with Gasteiger partial charge in [0.05, 0.1) is 17.3 Å². The Labute approximate surface area is 111 Å². The molecule has 0 saturated heterocycles. The minimum absolute atomic E-state index is 0.00753. The molecule has 1 rings (SSSR count). The summed E-state index contributed by atoms with van der Waals surface area (Å²) in [4.78, 5) is 22.7. The van der Waals surface area contributed by atoms with E-state index >= 15 is 0 Å². The summed E-state index contributed by atoms with van der Waals surface area (Å²) in [6.45, 7) is 3.69. The summed E-state index contributed by atoms with van der Waals surface area (Å²) in [5.41, 5.74) is 5.02. The number of amides is 1. The van der Waals surface area contributed by atoms with Crippen LogP contribution in [0.1, 0.15) is 26.0 Å². The van der Waals surface area contributed by atoms with Gasteiger partial charge in [-0.2, -0.15) is 0 Å². The largest absolute Gasteiger partial charge is 0.481 e. The second-order valence-electron chi connectivity index (χ2n) is 4.61. The van der Waals surface area contributed by atoms with Crippen LogP contribution in [0.25, 0.3) is 0 Å². The number of nitrogens with one attached hydrogen (secondary N) is 1. The quantitative estimate of drug-likeness (QED) is 0.604. The first-order chi connectivity index (χ1) is 8.91. The summed E-state index contributed by atoms with van der Waals surface area (Å²) in [6.07, 6.45) is 2.01. The molecule has 0 aromatic carbocycles. The van der Waals surface area contributed by atoms with Gasteiger partial charge in [0.25, 0.3) is 0 Å². The zero-order valence-corrected chi connectivity index (χ0v) is 11.1. The van der Waals surface area contributed by atoms with Crippen molar-refractivity contribution in [3.8, 4) is 0 Å². The first kappa shape index (κ1) is 15.1. The van der Waals surface area contributed by atoms with Crippen molar-refractivity contribution >= 4 is 11.9 Å². The first-order valence-electron chi connectivity index (χ1n) is 6.00. The van der Waals surface area contributed by atoms with Crippen LogP contribution < -0.4 is 11.1 Å². The number of carbonyl (C=O) groups is 2. The lowest BCUT2D eigenvalue weighted by atomic mass is 9.88. The summed E-state index contributed by atoms with van der Waals surface area (Å²) in [6, 6.07) is 0. The van der Waals surface area contributed by atoms with Crippen LogP contribution in [0.5, 0.6) is 0 Å². The summed E-state index contributed by atoms with van der Waals surface area (Å²) in [5.74, 6) is -1.24. The van der Waals surface area contributed by atoms with Crippen molar-refractivity contribution in [2.45, 2.75) is 33.4 Å². The molecule has 0 radical (unpaired) electrons. The number of carbonyl (C=O) groups excluding carboxylic acids is 1. The van der Waals surface area contributed by atoms with E-state index in [0.29, 0.717) is 12.1 Å². The predicted molar refractivity (Wildman–Crippen MR) is 67.0 cm³/mol. The summed E-state index contributed by atoms with van der Waals surface area (Å²) >= 11 is 0. The van der Waals surface area contributed by atoms with Crippen molar-refractivity contribution in [3.63, 3.8) is 0 Å². The Morgan fingerprint density at radius 1 is 1.58 bits per heavy atom. The van der Waals surface area contributed by atoms with Gasteiger partial charge < -0.3 is 16.2 Å². The first-order valence-corrected chi connectivity index (χ1v) is 6.00. The normalized spacial score (nSPS) is 13.8. The molecule has 1 unspecified atom stereocenters. The van der Waals surface area contributed by atoms with Gasteiger partial charge in [0.1, 0.15) is 6.54 Å². The Balaban J connectivity index is 2.49. The van der Waals surface area contributed by atoms with E-state index < -0.39 is 11.4 Å². The molecule has 4 N–H and O–H groups in total. The number of hydrogen-bond donors (Lipinski definition) is 3. The third kappa shape index (κ3) is 4.02. The molecule has 0 fully saturated rings. The molecule has 0 aliphatic carbocycles. The van der Waals surface area contributed by atoms with E-state index in [1.165, 1.54) is 4.68 Å². The second-order valence-corrected chi connectivity index (χ2v) is 4.61. The van der Waals surface area contributed by atoms with E-state index in [0.717, 1.165) is 0 Å². The van der Waals surface area contributed by atoms with Crippen molar-refractivity contribution in [3.05, 3.63) is 11.9 Å². The minimum atomic E-state index is -0.958. The van der Waals surface area contributed by atoms with Gasteiger partial charge in [0.2, 0.25) is 5.91 Å². The van der Waals surface area contributed by atoms with Crippen LogP contribution in [-0.2, 0) is 22.7 Å². The smallest absolute Gasteiger partial charge is 0.311 e. The molecule has 0 spiro atoms. The zero-order chi connectivity index (χ0) is 14.5. The predicted octanol–water partition coefficient (Wildman–Crippen LogP) is -0.646. The molecule has 19 heavy (non-hydrogen) atoms. The zero-order valence-electron chi connectivity index (χ0n) is 11.1. The third-order valence-corrected chi connectivity index (χ3v) is 3.07. The van der Waals surface area contributed by atoms with Crippen LogP contribution in [0.15, 0.2) is 6.20 Å². The lowest BCUT2D eigenvalue weighted by molar-refractivity contribution is -0.148. The molecule has 8 nitrogen and oxygen atoms in total. The van der Waals surface area contributed by atoms with Gasteiger partial charge in [-0.3, -0.25) is 9.59 Å². The van der Waals surface area contributed by atoms with Gasteiger partial charge in [-0.1, -0.05) is 12.1 Å². The topological polar surface area (TPSA) is 123 Å². The highest BCUT2D eigenvalue weighted by Gasteiger charge is 2.31. The molecule has 1 heterocycles. The number of aromatic nitrogens is 3. The molecule has 1 aromatic heterocycles. The van der Waals surface area contributed by atoms with E-state index in [9.17, 15) is 9.59 Å². The van der Waals surface area contributed by atoms with Gasteiger partial charge in [0.15, 0.2) is 0 Å².